The fourth-order valence-electron chi connectivity index (χ4n) is 3.98. The van der Waals surface area contributed by atoms with Crippen molar-refractivity contribution in [1.82, 2.24) is 9.88 Å². The summed E-state index contributed by atoms with van der Waals surface area (Å²) in [6.07, 6.45) is 2.24. The van der Waals surface area contributed by atoms with Crippen LogP contribution < -0.4 is 16.2 Å². The molecule has 0 radical (unpaired) electrons. The molecule has 0 saturated carbocycles. The zero-order valence-electron chi connectivity index (χ0n) is 20.4. The van der Waals surface area contributed by atoms with Crippen molar-refractivity contribution in [2.24, 2.45) is 7.05 Å². The first kappa shape index (κ1) is 25.6. The summed E-state index contributed by atoms with van der Waals surface area (Å²) in [7, 11) is 1.53. The van der Waals surface area contributed by atoms with Crippen molar-refractivity contribution < 1.29 is 19.4 Å². The quantitative estimate of drug-likeness (QED) is 0.416. The van der Waals surface area contributed by atoms with Gasteiger partial charge < -0.3 is 25.0 Å². The van der Waals surface area contributed by atoms with Gasteiger partial charge in [0.2, 0.25) is 0 Å². The first-order valence-electron chi connectivity index (χ1n) is 11.6. The molecule has 1 heterocycles. The summed E-state index contributed by atoms with van der Waals surface area (Å²) in [6.45, 7) is 5.64. The molecule has 0 unspecified atom stereocenters. The molecule has 2 aromatic carbocycles. The Morgan fingerprint density at radius 1 is 1.11 bits per heavy atom. The zero-order valence-corrected chi connectivity index (χ0v) is 20.4. The van der Waals surface area contributed by atoms with E-state index in [0.29, 0.717) is 11.1 Å². The van der Waals surface area contributed by atoms with Crippen molar-refractivity contribution in [3.05, 3.63) is 81.8 Å². The third-order valence-electron chi connectivity index (χ3n) is 5.75. The number of carbonyl (C=O) groups is 2. The molecule has 0 aliphatic carbocycles. The van der Waals surface area contributed by atoms with Crippen LogP contribution in [0, 0.1) is 6.92 Å². The van der Waals surface area contributed by atoms with Crippen LogP contribution in [-0.2, 0) is 23.0 Å². The number of benzene rings is 2. The average molecular weight is 478 g/mol. The second-order valence-electron chi connectivity index (χ2n) is 8.25. The van der Waals surface area contributed by atoms with E-state index in [0.717, 1.165) is 17.5 Å². The van der Waals surface area contributed by atoms with Gasteiger partial charge in [0.05, 0.1) is 19.1 Å². The fourth-order valence-corrected chi connectivity index (χ4v) is 3.98. The number of amides is 2. The molecular weight excluding hydrogens is 446 g/mol. The first-order chi connectivity index (χ1) is 16.7. The number of hydrogen-bond donors (Lipinski definition) is 3. The highest BCUT2D eigenvalue weighted by Crippen LogP contribution is 2.28. The van der Waals surface area contributed by atoms with E-state index in [1.54, 1.807) is 13.8 Å². The lowest BCUT2D eigenvalue weighted by atomic mass is 9.94. The maximum Gasteiger partial charge on any atom is 0.319 e. The van der Waals surface area contributed by atoms with Gasteiger partial charge in [-0.3, -0.25) is 9.59 Å². The van der Waals surface area contributed by atoms with E-state index >= 15 is 0 Å². The number of aryl methyl sites for hydroxylation is 3. The predicted molar refractivity (Wildman–Crippen MR) is 135 cm³/mol. The average Bonchev–Trinajstić information content (AvgIpc) is 2.85. The molecule has 8 heteroatoms. The van der Waals surface area contributed by atoms with Gasteiger partial charge >= 0.3 is 12.0 Å². The summed E-state index contributed by atoms with van der Waals surface area (Å²) >= 11 is 0. The molecule has 184 valence electrons. The lowest BCUT2D eigenvalue weighted by Crippen LogP contribution is -2.36. The van der Waals surface area contributed by atoms with Crippen molar-refractivity contribution in [3.63, 3.8) is 0 Å². The van der Waals surface area contributed by atoms with Gasteiger partial charge in [-0.15, -0.1) is 0 Å². The normalized spacial score (nSPS) is 11.5. The number of nitrogens with zero attached hydrogens (tertiary/aromatic N) is 1. The molecule has 0 aliphatic rings. The van der Waals surface area contributed by atoms with E-state index < -0.39 is 23.6 Å². The minimum Gasteiger partial charge on any atom is -0.505 e. The van der Waals surface area contributed by atoms with E-state index in [1.165, 1.54) is 23.4 Å². The van der Waals surface area contributed by atoms with Crippen molar-refractivity contribution in [3.8, 4) is 16.9 Å². The van der Waals surface area contributed by atoms with Crippen molar-refractivity contribution in [2.75, 3.05) is 11.9 Å². The lowest BCUT2D eigenvalue weighted by molar-refractivity contribution is -0.143. The smallest absolute Gasteiger partial charge is 0.319 e. The van der Waals surface area contributed by atoms with E-state index in [4.69, 9.17) is 4.74 Å². The van der Waals surface area contributed by atoms with Gasteiger partial charge in [-0.2, -0.15) is 0 Å². The zero-order chi connectivity index (χ0) is 25.5. The molecule has 35 heavy (non-hydrogen) atoms. The number of esters is 1. The van der Waals surface area contributed by atoms with Crippen LogP contribution in [0.15, 0.2) is 59.5 Å². The largest absolute Gasteiger partial charge is 0.505 e. The first-order valence-corrected chi connectivity index (χ1v) is 11.6. The van der Waals surface area contributed by atoms with Gasteiger partial charge in [-0.05, 0) is 48.6 Å². The van der Waals surface area contributed by atoms with E-state index in [2.05, 4.69) is 23.6 Å². The Balaban J connectivity index is 1.93. The van der Waals surface area contributed by atoms with Crippen LogP contribution in [0.1, 0.15) is 43.0 Å². The molecule has 8 nitrogen and oxygen atoms in total. The molecule has 1 atom stereocenters. The molecule has 0 saturated heterocycles. The number of hydrogen-bond acceptors (Lipinski definition) is 5. The fraction of sp³-hybridized carbons (Fsp3) is 0.296. The topological polar surface area (TPSA) is 110 Å². The van der Waals surface area contributed by atoms with Crippen LogP contribution in [0.2, 0.25) is 0 Å². The Bertz CT molecular complexity index is 1280. The van der Waals surface area contributed by atoms with Crippen LogP contribution in [0.25, 0.3) is 11.1 Å². The summed E-state index contributed by atoms with van der Waals surface area (Å²) in [5.41, 5.74) is 3.58. The molecule has 2 amide bonds. The number of aromatic nitrogens is 1. The Morgan fingerprint density at radius 2 is 1.86 bits per heavy atom. The molecule has 3 aromatic rings. The van der Waals surface area contributed by atoms with Gasteiger partial charge in [-0.25, -0.2) is 4.79 Å². The minimum absolute atomic E-state index is 0.0993. The molecule has 0 fully saturated rings. The Hall–Kier alpha value is -4.07. The van der Waals surface area contributed by atoms with Crippen LogP contribution in [-0.4, -0.2) is 28.3 Å². The number of aromatic hydroxyl groups is 1. The van der Waals surface area contributed by atoms with Crippen molar-refractivity contribution in [2.45, 2.75) is 39.7 Å². The van der Waals surface area contributed by atoms with Crippen molar-refractivity contribution >= 4 is 17.7 Å². The highest BCUT2D eigenvalue weighted by molar-refractivity contribution is 5.91. The van der Waals surface area contributed by atoms with E-state index in [9.17, 15) is 19.5 Å². The third-order valence-corrected chi connectivity index (χ3v) is 5.75. The van der Waals surface area contributed by atoms with Crippen LogP contribution in [0.4, 0.5) is 10.5 Å². The summed E-state index contributed by atoms with van der Waals surface area (Å²) in [4.78, 5) is 37.7. The molecule has 3 rings (SSSR count). The van der Waals surface area contributed by atoms with E-state index in [-0.39, 0.29) is 24.5 Å². The molecule has 0 spiro atoms. The second kappa shape index (κ2) is 11.4. The maximum atomic E-state index is 12.9. The molecule has 0 aliphatic heterocycles. The maximum absolute atomic E-state index is 12.9. The van der Waals surface area contributed by atoms with Crippen LogP contribution in [0.5, 0.6) is 5.75 Å². The Kier molecular flexibility index (Phi) is 8.30. The number of rotatable bonds is 8. The van der Waals surface area contributed by atoms with Gasteiger partial charge in [0.25, 0.3) is 5.56 Å². The van der Waals surface area contributed by atoms with Gasteiger partial charge in [0.15, 0.2) is 5.69 Å². The van der Waals surface area contributed by atoms with Crippen LogP contribution >= 0.6 is 0 Å². The number of pyridine rings is 1. The number of nitrogens with one attached hydrogen (secondary N) is 2. The number of carbonyl (C=O) groups excluding carboxylic acids is 2. The van der Waals surface area contributed by atoms with Crippen LogP contribution in [0.3, 0.4) is 0 Å². The van der Waals surface area contributed by atoms with E-state index in [1.807, 2.05) is 42.5 Å². The van der Waals surface area contributed by atoms with Gasteiger partial charge in [0, 0.05) is 18.8 Å². The summed E-state index contributed by atoms with van der Waals surface area (Å²) in [5, 5.41) is 15.5. The summed E-state index contributed by atoms with van der Waals surface area (Å²) < 4.78 is 6.38. The monoisotopic (exact) mass is 477 g/mol. The standard InChI is InChI=1S/C27H31N3O5/c1-5-18-10-7-8-13-21(18)19-11-9-12-20(14-19)22(15-23(31)35-6-2)28-27(34)29-24-25(32)17(3)16-30(4)26(24)33/h7-14,16,22,32H,5-6,15H2,1-4H3,(H2,28,29,34)/t22-/m0/s1. The van der Waals surface area contributed by atoms with Gasteiger partial charge in [0.1, 0.15) is 5.75 Å². The second-order valence-corrected chi connectivity index (χ2v) is 8.25. The highest BCUT2D eigenvalue weighted by Gasteiger charge is 2.22. The number of anilines is 1. The summed E-state index contributed by atoms with van der Waals surface area (Å²) in [6, 6.07) is 14.2. The summed E-state index contributed by atoms with van der Waals surface area (Å²) in [5.74, 6) is -0.769. The third kappa shape index (κ3) is 6.09. The highest BCUT2D eigenvalue weighted by atomic mass is 16.5. The Labute approximate surface area is 204 Å². The molecule has 1 aromatic heterocycles. The lowest BCUT2D eigenvalue weighted by Gasteiger charge is -2.20. The van der Waals surface area contributed by atoms with Crippen molar-refractivity contribution in [1.29, 1.82) is 0 Å². The number of ether oxygens (including phenoxy) is 1. The molecule has 3 N–H and O–H groups in total. The van der Waals surface area contributed by atoms with Gasteiger partial charge in [-0.1, -0.05) is 49.4 Å². The SMILES string of the molecule is CCOC(=O)C[C@H](NC(=O)Nc1c(O)c(C)cn(C)c1=O)c1cccc(-c2ccccc2CC)c1. The number of urea groups is 1. The minimum atomic E-state index is -0.725. The Morgan fingerprint density at radius 3 is 2.57 bits per heavy atom. The molecule has 0 bridgehead atoms. The molecular formula is C27H31N3O5. The predicted octanol–water partition coefficient (Wildman–Crippen LogP) is 4.44.